The van der Waals surface area contributed by atoms with Crippen molar-refractivity contribution in [3.63, 3.8) is 0 Å². The van der Waals surface area contributed by atoms with Crippen molar-refractivity contribution in [3.05, 3.63) is 41.4 Å². The second kappa shape index (κ2) is 11.0. The van der Waals surface area contributed by atoms with E-state index in [2.05, 4.69) is 56.0 Å². The van der Waals surface area contributed by atoms with Crippen LogP contribution in [0.15, 0.2) is 30.2 Å². The van der Waals surface area contributed by atoms with Crippen LogP contribution in [0, 0.1) is 0 Å². The molecule has 1 heterocycles. The summed E-state index contributed by atoms with van der Waals surface area (Å²) in [5.74, 6) is 2.00. The number of nitrogens with zero attached hydrogens (tertiary/aromatic N) is 1. The van der Waals surface area contributed by atoms with E-state index in [4.69, 9.17) is 18.8 Å². The van der Waals surface area contributed by atoms with Crippen LogP contribution in [0.4, 0.5) is 0 Å². The molecule has 0 N–H and O–H groups in total. The van der Waals surface area contributed by atoms with Crippen LogP contribution in [0.5, 0.6) is 0 Å². The van der Waals surface area contributed by atoms with Crippen molar-refractivity contribution >= 4 is 13.2 Å². The van der Waals surface area contributed by atoms with E-state index in [-0.39, 0.29) is 18.8 Å². The Morgan fingerprint density at radius 3 is 2.33 bits per heavy atom. The summed E-state index contributed by atoms with van der Waals surface area (Å²) in [6.07, 6.45) is 3.18. The first-order chi connectivity index (χ1) is 12.9. The molecule has 0 spiro atoms. The maximum Gasteiger partial charge on any atom is 0.486 e. The average molecular weight is 375 g/mol. The summed E-state index contributed by atoms with van der Waals surface area (Å²) in [6, 6.07) is 8.60. The molecular weight excluding hydrogens is 341 g/mol. The van der Waals surface area contributed by atoms with Gasteiger partial charge in [-0.15, -0.1) is 0 Å². The molecule has 0 radical (unpaired) electrons. The Kier molecular flexibility index (Phi) is 8.99. The average Bonchev–Trinajstić information content (AvgIpc) is 2.61. The maximum atomic E-state index is 5.98. The summed E-state index contributed by atoms with van der Waals surface area (Å²) in [4.78, 5) is 2.34. The van der Waals surface area contributed by atoms with Crippen molar-refractivity contribution in [2.75, 3.05) is 40.5 Å². The van der Waals surface area contributed by atoms with Crippen molar-refractivity contribution in [2.24, 2.45) is 0 Å². The molecule has 1 aromatic carbocycles. The van der Waals surface area contributed by atoms with Gasteiger partial charge in [-0.25, -0.2) is 0 Å². The first kappa shape index (κ1) is 22.1. The number of hydrogen-bond acceptors (Lipinski definition) is 5. The highest BCUT2D eigenvalue weighted by Gasteiger charge is 2.35. The summed E-state index contributed by atoms with van der Waals surface area (Å²) in [6.45, 7) is 10.4. The van der Waals surface area contributed by atoms with Gasteiger partial charge in [0.1, 0.15) is 0 Å². The molecule has 0 aromatic heterocycles. The minimum absolute atomic E-state index is 0.148. The molecule has 1 aromatic rings. The maximum absolute atomic E-state index is 5.98. The zero-order valence-electron chi connectivity index (χ0n) is 17.4. The molecule has 5 nitrogen and oxygen atoms in total. The summed E-state index contributed by atoms with van der Waals surface area (Å²) in [7, 11) is 3.18. The second-order valence-electron chi connectivity index (χ2n) is 7.76. The van der Waals surface area contributed by atoms with Crippen LogP contribution < -0.4 is 0 Å². The smallest absolute Gasteiger partial charge is 0.405 e. The lowest BCUT2D eigenvalue weighted by molar-refractivity contribution is -0.0235. The van der Waals surface area contributed by atoms with E-state index in [9.17, 15) is 0 Å². The highest BCUT2D eigenvalue weighted by Crippen LogP contribution is 2.26. The lowest BCUT2D eigenvalue weighted by Gasteiger charge is -2.37. The molecule has 150 valence electrons. The van der Waals surface area contributed by atoms with Gasteiger partial charge >= 0.3 is 7.12 Å². The third-order valence-corrected chi connectivity index (χ3v) is 4.64. The fraction of sp³-hybridized carbons (Fsp3) is 0.619. The molecule has 0 saturated carbocycles. The van der Waals surface area contributed by atoms with Crippen LogP contribution in [0.25, 0.3) is 6.08 Å². The molecular formula is C21H34BNO4. The molecule has 1 aliphatic heterocycles. The molecule has 1 fully saturated rings. The topological polar surface area (TPSA) is 40.2 Å². The van der Waals surface area contributed by atoms with Crippen molar-refractivity contribution in [1.29, 1.82) is 0 Å². The molecule has 6 heteroatoms. The summed E-state index contributed by atoms with van der Waals surface area (Å²) < 4.78 is 22.2. The van der Waals surface area contributed by atoms with Gasteiger partial charge in [0.05, 0.1) is 18.8 Å². The Labute approximate surface area is 164 Å². The molecule has 2 rings (SSSR count). The van der Waals surface area contributed by atoms with Crippen LogP contribution in [-0.4, -0.2) is 64.2 Å². The normalized spacial score (nSPS) is 19.9. The number of methoxy groups -OCH3 is 2. The fourth-order valence-corrected chi connectivity index (χ4v) is 3.34. The number of ether oxygens (including phenoxy) is 2. The molecule has 1 aliphatic rings. The minimum Gasteiger partial charge on any atom is -0.405 e. The van der Waals surface area contributed by atoms with Crippen LogP contribution in [0.2, 0.25) is 0 Å². The van der Waals surface area contributed by atoms with Gasteiger partial charge in [0.2, 0.25) is 0 Å². The number of hydrogen-bond donors (Lipinski definition) is 0. The van der Waals surface area contributed by atoms with Crippen LogP contribution >= 0.6 is 0 Å². The third kappa shape index (κ3) is 8.15. The van der Waals surface area contributed by atoms with E-state index in [1.54, 1.807) is 14.2 Å². The van der Waals surface area contributed by atoms with E-state index >= 15 is 0 Å². The van der Waals surface area contributed by atoms with Crippen molar-refractivity contribution in [1.82, 2.24) is 4.90 Å². The van der Waals surface area contributed by atoms with Crippen molar-refractivity contribution < 1.29 is 18.8 Å². The summed E-state index contributed by atoms with van der Waals surface area (Å²) >= 11 is 0. The van der Waals surface area contributed by atoms with Crippen molar-refractivity contribution in [2.45, 2.75) is 45.4 Å². The van der Waals surface area contributed by atoms with Gasteiger partial charge in [0.15, 0.2) is 0 Å². The lowest BCUT2D eigenvalue weighted by atomic mass is 9.82. The molecule has 1 atom stereocenters. The Morgan fingerprint density at radius 2 is 1.78 bits per heavy atom. The molecule has 0 bridgehead atoms. The van der Waals surface area contributed by atoms with Gasteiger partial charge in [-0.2, -0.15) is 0 Å². The van der Waals surface area contributed by atoms with Gasteiger partial charge in [-0.1, -0.05) is 36.3 Å². The molecule has 1 saturated heterocycles. The Hall–Kier alpha value is -1.18. The highest BCUT2D eigenvalue weighted by molar-refractivity contribution is 6.52. The summed E-state index contributed by atoms with van der Waals surface area (Å²) in [5, 5.41) is 0. The van der Waals surface area contributed by atoms with Crippen LogP contribution in [0.1, 0.15) is 38.3 Å². The van der Waals surface area contributed by atoms with Crippen molar-refractivity contribution in [3.8, 4) is 0 Å². The molecule has 27 heavy (non-hydrogen) atoms. The monoisotopic (exact) mass is 375 g/mol. The third-order valence-electron chi connectivity index (χ3n) is 4.64. The van der Waals surface area contributed by atoms with E-state index in [1.165, 1.54) is 5.56 Å². The molecule has 0 amide bonds. The second-order valence-corrected chi connectivity index (χ2v) is 7.76. The number of benzene rings is 1. The van der Waals surface area contributed by atoms with Gasteiger partial charge in [-0.3, -0.25) is 4.90 Å². The fourth-order valence-electron chi connectivity index (χ4n) is 3.34. The Balaban J connectivity index is 1.91. The predicted molar refractivity (Wildman–Crippen MR) is 111 cm³/mol. The Bertz CT molecular complexity index is 568. The SMILES string of the molecule is COCCN(CCOC)Cc1ccc(C=CB2OC(C)CC(C)(C)O2)cc1. The van der Waals surface area contributed by atoms with E-state index in [0.717, 1.165) is 44.8 Å². The predicted octanol–water partition coefficient (Wildman–Crippen LogP) is 3.43. The first-order valence-electron chi connectivity index (χ1n) is 9.72. The lowest BCUT2D eigenvalue weighted by Crippen LogP contribution is -2.45. The molecule has 1 unspecified atom stereocenters. The minimum atomic E-state index is -0.290. The van der Waals surface area contributed by atoms with Gasteiger partial charge < -0.3 is 18.8 Å². The highest BCUT2D eigenvalue weighted by atomic mass is 16.6. The quantitative estimate of drug-likeness (QED) is 0.586. The van der Waals surface area contributed by atoms with E-state index in [1.807, 2.05) is 5.98 Å². The molecule has 0 aliphatic carbocycles. The largest absolute Gasteiger partial charge is 0.486 e. The van der Waals surface area contributed by atoms with Crippen LogP contribution in [0.3, 0.4) is 0 Å². The van der Waals surface area contributed by atoms with Gasteiger partial charge in [-0.05, 0) is 38.3 Å². The number of rotatable bonds is 10. The zero-order valence-corrected chi connectivity index (χ0v) is 17.4. The van der Waals surface area contributed by atoms with E-state index in [0.29, 0.717) is 0 Å². The zero-order chi connectivity index (χ0) is 19.7. The Morgan fingerprint density at radius 1 is 1.15 bits per heavy atom. The van der Waals surface area contributed by atoms with Gasteiger partial charge in [0, 0.05) is 40.0 Å². The van der Waals surface area contributed by atoms with Crippen LogP contribution in [-0.2, 0) is 25.3 Å². The first-order valence-corrected chi connectivity index (χ1v) is 9.72. The standard InChI is InChI=1S/C21H34BNO4/c1-18-16-21(2,3)27-22(26-18)11-10-19-6-8-20(9-7-19)17-23(12-14-24-4)13-15-25-5/h6-11,18H,12-17H2,1-5H3. The van der Waals surface area contributed by atoms with E-state index < -0.39 is 0 Å². The van der Waals surface area contributed by atoms with Gasteiger partial charge in [0.25, 0.3) is 0 Å². The summed E-state index contributed by atoms with van der Waals surface area (Å²) in [5.41, 5.74) is 2.27.